The predicted octanol–water partition coefficient (Wildman–Crippen LogP) is 4.82. The lowest BCUT2D eigenvalue weighted by atomic mass is 10.1. The number of unbranched alkanes of at least 4 members (excludes halogenated alkanes) is 2. The van der Waals surface area contributed by atoms with E-state index in [0.29, 0.717) is 34.0 Å². The van der Waals surface area contributed by atoms with E-state index in [1.165, 1.54) is 15.9 Å². The molecule has 2 aromatic carbocycles. The topological polar surface area (TPSA) is 76.8 Å². The van der Waals surface area contributed by atoms with Crippen LogP contribution in [0.2, 0.25) is 0 Å². The molecule has 1 amide bonds. The minimum absolute atomic E-state index is 0.146. The zero-order chi connectivity index (χ0) is 24.5. The maximum Gasteiger partial charge on any atom is 0.291 e. The molecule has 4 aromatic rings. The first-order chi connectivity index (χ1) is 17.0. The van der Waals surface area contributed by atoms with Crippen molar-refractivity contribution in [2.75, 3.05) is 18.1 Å². The fraction of sp³-hybridized carbons (Fsp3) is 0.308. The van der Waals surface area contributed by atoms with Crippen LogP contribution < -0.4 is 19.7 Å². The molecule has 9 heteroatoms. The summed E-state index contributed by atoms with van der Waals surface area (Å²) in [5.41, 5.74) is 2.50. The van der Waals surface area contributed by atoms with E-state index in [1.54, 1.807) is 4.90 Å². The van der Waals surface area contributed by atoms with Crippen LogP contribution in [0, 0.1) is 0 Å². The zero-order valence-corrected chi connectivity index (χ0v) is 22.0. The summed E-state index contributed by atoms with van der Waals surface area (Å²) in [5.74, 6) is 1.12. The molecule has 0 atom stereocenters. The number of anilines is 1. The first-order valence-corrected chi connectivity index (χ1v) is 13.4. The van der Waals surface area contributed by atoms with Gasteiger partial charge in [0, 0.05) is 22.1 Å². The first-order valence-electron chi connectivity index (χ1n) is 11.8. The van der Waals surface area contributed by atoms with E-state index in [4.69, 9.17) is 4.74 Å². The van der Waals surface area contributed by atoms with Gasteiger partial charge in [-0.3, -0.25) is 9.59 Å². The monoisotopic (exact) mass is 552 g/mol. The van der Waals surface area contributed by atoms with Crippen molar-refractivity contribution in [3.63, 3.8) is 0 Å². The fourth-order valence-electron chi connectivity index (χ4n) is 4.10. The van der Waals surface area contributed by atoms with Crippen molar-refractivity contribution >= 4 is 49.4 Å². The average Bonchev–Trinajstić information content (AvgIpc) is 3.48. The molecule has 0 radical (unpaired) electrons. The Bertz CT molecular complexity index is 1510. The van der Waals surface area contributed by atoms with E-state index >= 15 is 0 Å². The molecule has 7 nitrogen and oxygen atoms in total. The van der Waals surface area contributed by atoms with Crippen LogP contribution in [0.5, 0.6) is 5.75 Å². The number of hydrogen-bond acceptors (Lipinski definition) is 6. The SMILES string of the molecule is CCCCOc1ccc(-c2nc3sc(=C4C(=O)N(CCCC)c5ccc(Br)cc54)c(=O)n3n2)cc1. The number of aromatic nitrogens is 3. The quantitative estimate of drug-likeness (QED) is 0.293. The molecule has 0 spiro atoms. The van der Waals surface area contributed by atoms with Crippen LogP contribution >= 0.6 is 27.3 Å². The van der Waals surface area contributed by atoms with Crippen LogP contribution in [-0.2, 0) is 4.79 Å². The highest BCUT2D eigenvalue weighted by molar-refractivity contribution is 9.10. The maximum absolute atomic E-state index is 13.4. The van der Waals surface area contributed by atoms with Gasteiger partial charge < -0.3 is 9.64 Å². The number of amides is 1. The van der Waals surface area contributed by atoms with Crippen molar-refractivity contribution < 1.29 is 9.53 Å². The number of nitrogens with zero attached hydrogens (tertiary/aromatic N) is 4. The third-order valence-corrected chi connectivity index (χ3v) is 7.50. The predicted molar refractivity (Wildman–Crippen MR) is 142 cm³/mol. The van der Waals surface area contributed by atoms with Crippen LogP contribution in [0.15, 0.2) is 51.7 Å². The smallest absolute Gasteiger partial charge is 0.291 e. The molecule has 1 aliphatic heterocycles. The molecule has 0 aliphatic carbocycles. The van der Waals surface area contributed by atoms with Gasteiger partial charge in [-0.25, -0.2) is 0 Å². The summed E-state index contributed by atoms with van der Waals surface area (Å²) in [5, 5.41) is 4.46. The molecule has 2 aromatic heterocycles. The van der Waals surface area contributed by atoms with Gasteiger partial charge in [0.2, 0.25) is 4.96 Å². The largest absolute Gasteiger partial charge is 0.494 e. The molecule has 1 aliphatic rings. The van der Waals surface area contributed by atoms with E-state index < -0.39 is 0 Å². The second kappa shape index (κ2) is 9.91. The van der Waals surface area contributed by atoms with Crippen molar-refractivity contribution in [2.45, 2.75) is 39.5 Å². The summed E-state index contributed by atoms with van der Waals surface area (Å²) in [7, 11) is 0. The lowest BCUT2D eigenvalue weighted by molar-refractivity contribution is -0.113. The average molecular weight is 553 g/mol. The summed E-state index contributed by atoms with van der Waals surface area (Å²) in [6, 6.07) is 13.3. The second-order valence-electron chi connectivity index (χ2n) is 8.44. The molecule has 0 unspecified atom stereocenters. The Kier molecular flexibility index (Phi) is 6.71. The summed E-state index contributed by atoms with van der Waals surface area (Å²) < 4.78 is 8.24. The van der Waals surface area contributed by atoms with Gasteiger partial charge in [-0.05, 0) is 55.3 Å². The Hall–Kier alpha value is -3.04. The summed E-state index contributed by atoms with van der Waals surface area (Å²) in [6.45, 7) is 5.52. The van der Waals surface area contributed by atoms with Gasteiger partial charge in [-0.15, -0.1) is 5.10 Å². The van der Waals surface area contributed by atoms with Gasteiger partial charge in [0.05, 0.1) is 17.9 Å². The molecule has 3 heterocycles. The number of fused-ring (bicyclic) bond motifs is 2. The summed E-state index contributed by atoms with van der Waals surface area (Å²) in [4.78, 5) is 33.6. The van der Waals surface area contributed by atoms with Crippen LogP contribution in [0.25, 0.3) is 21.9 Å². The third kappa shape index (κ3) is 4.38. The van der Waals surface area contributed by atoms with E-state index in [-0.39, 0.29) is 11.5 Å². The Morgan fingerprint density at radius 1 is 1.03 bits per heavy atom. The van der Waals surface area contributed by atoms with Gasteiger partial charge in [-0.1, -0.05) is 54.0 Å². The number of carbonyl (C=O) groups is 1. The van der Waals surface area contributed by atoms with E-state index in [9.17, 15) is 9.59 Å². The molecule has 0 saturated carbocycles. The Balaban J connectivity index is 1.54. The molecule has 0 saturated heterocycles. The van der Waals surface area contributed by atoms with Crippen molar-refractivity contribution in [1.82, 2.24) is 14.6 Å². The van der Waals surface area contributed by atoms with Crippen molar-refractivity contribution in [3.05, 3.63) is 67.4 Å². The number of rotatable bonds is 8. The summed E-state index contributed by atoms with van der Waals surface area (Å²) >= 11 is 4.71. The van der Waals surface area contributed by atoms with Gasteiger partial charge in [-0.2, -0.15) is 9.50 Å². The van der Waals surface area contributed by atoms with E-state index in [2.05, 4.69) is 39.9 Å². The normalized spacial score (nSPS) is 14.7. The minimum Gasteiger partial charge on any atom is -0.494 e. The fourth-order valence-corrected chi connectivity index (χ4v) is 5.46. The molecular formula is C26H25BrN4O3S. The Morgan fingerprint density at radius 2 is 1.80 bits per heavy atom. The standard InChI is InChI=1S/C26H25BrN4O3S/c1-3-5-13-30-20-12-9-17(27)15-19(20)21(24(30)32)22-25(33)31-26(35-22)28-23(29-31)16-7-10-18(11-8-16)34-14-6-4-2/h7-12,15H,3-6,13-14H2,1-2H3. The van der Waals surface area contributed by atoms with E-state index in [1.807, 2.05) is 42.5 Å². The van der Waals surface area contributed by atoms with Crippen LogP contribution in [0.1, 0.15) is 45.1 Å². The number of benzene rings is 2. The van der Waals surface area contributed by atoms with Gasteiger partial charge in [0.1, 0.15) is 10.3 Å². The highest BCUT2D eigenvalue weighted by Gasteiger charge is 2.34. The van der Waals surface area contributed by atoms with Crippen molar-refractivity contribution in [3.8, 4) is 17.1 Å². The highest BCUT2D eigenvalue weighted by Crippen LogP contribution is 2.37. The highest BCUT2D eigenvalue weighted by atomic mass is 79.9. The van der Waals surface area contributed by atoms with Crippen LogP contribution in [0.4, 0.5) is 5.69 Å². The Labute approximate surface area is 215 Å². The first kappa shape index (κ1) is 23.7. The van der Waals surface area contributed by atoms with E-state index in [0.717, 1.165) is 52.7 Å². The van der Waals surface area contributed by atoms with Gasteiger partial charge in [0.25, 0.3) is 11.5 Å². The zero-order valence-electron chi connectivity index (χ0n) is 19.6. The Morgan fingerprint density at radius 3 is 2.51 bits per heavy atom. The number of thiazole rings is 1. The molecular weight excluding hydrogens is 528 g/mol. The lowest BCUT2D eigenvalue weighted by Gasteiger charge is -2.16. The summed E-state index contributed by atoms with van der Waals surface area (Å²) in [6.07, 6.45) is 3.95. The minimum atomic E-state index is -0.324. The van der Waals surface area contributed by atoms with Crippen molar-refractivity contribution in [2.24, 2.45) is 0 Å². The third-order valence-electron chi connectivity index (χ3n) is 5.98. The number of carbonyl (C=O) groups excluding carboxylic acids is 1. The molecule has 0 bridgehead atoms. The molecule has 0 N–H and O–H groups in total. The molecule has 5 rings (SSSR count). The molecule has 35 heavy (non-hydrogen) atoms. The van der Waals surface area contributed by atoms with Crippen LogP contribution in [0.3, 0.4) is 0 Å². The van der Waals surface area contributed by atoms with Crippen molar-refractivity contribution in [1.29, 1.82) is 0 Å². The van der Waals surface area contributed by atoms with Gasteiger partial charge >= 0.3 is 0 Å². The van der Waals surface area contributed by atoms with Gasteiger partial charge in [0.15, 0.2) is 5.82 Å². The number of ether oxygens (including phenoxy) is 1. The number of hydrogen-bond donors (Lipinski definition) is 0. The lowest BCUT2D eigenvalue weighted by Crippen LogP contribution is -2.33. The number of halogens is 1. The maximum atomic E-state index is 13.4. The van der Waals surface area contributed by atoms with Crippen LogP contribution in [-0.4, -0.2) is 33.7 Å². The second-order valence-corrected chi connectivity index (χ2v) is 10.3. The molecule has 0 fully saturated rings. The molecule has 180 valence electrons.